The van der Waals surface area contributed by atoms with E-state index < -0.39 is 15.8 Å². The summed E-state index contributed by atoms with van der Waals surface area (Å²) in [4.78, 5) is 0.241. The van der Waals surface area contributed by atoms with E-state index in [1.165, 1.54) is 16.4 Å². The third-order valence-electron chi connectivity index (χ3n) is 3.93. The quantitative estimate of drug-likeness (QED) is 0.920. The van der Waals surface area contributed by atoms with Crippen molar-refractivity contribution in [3.63, 3.8) is 0 Å². The van der Waals surface area contributed by atoms with E-state index in [2.05, 4.69) is 0 Å². The minimum Gasteiger partial charge on any atom is -0.330 e. The number of benzene rings is 1. The molecule has 0 aromatic heterocycles. The normalized spacial score (nSPS) is 17.5. The number of piperidine rings is 1. The molecule has 0 saturated carbocycles. The highest BCUT2D eigenvalue weighted by Gasteiger charge is 2.31. The Morgan fingerprint density at radius 2 is 1.71 bits per heavy atom. The summed E-state index contributed by atoms with van der Waals surface area (Å²) in [5, 5.41) is 0. The van der Waals surface area contributed by atoms with Gasteiger partial charge in [0.15, 0.2) is 0 Å². The van der Waals surface area contributed by atoms with Crippen molar-refractivity contribution < 1.29 is 12.8 Å². The molecule has 1 aliphatic rings. The fraction of sp³-hybridized carbons (Fsp3) is 0.571. The van der Waals surface area contributed by atoms with Gasteiger partial charge in [0.25, 0.3) is 0 Å². The lowest BCUT2D eigenvalue weighted by atomic mass is 9.99. The number of aryl methyl sites for hydroxylation is 2. The Labute approximate surface area is 132 Å². The summed E-state index contributed by atoms with van der Waals surface area (Å²) in [5.74, 6) is -0.00217. The van der Waals surface area contributed by atoms with Crippen molar-refractivity contribution in [2.75, 3.05) is 19.6 Å². The highest BCUT2D eigenvalue weighted by molar-refractivity contribution is 7.89. The predicted molar refractivity (Wildman–Crippen MR) is 83.7 cm³/mol. The van der Waals surface area contributed by atoms with Gasteiger partial charge in [0.1, 0.15) is 5.82 Å². The highest BCUT2D eigenvalue weighted by atomic mass is 35.5. The van der Waals surface area contributed by atoms with Gasteiger partial charge >= 0.3 is 0 Å². The van der Waals surface area contributed by atoms with Crippen molar-refractivity contribution in [1.29, 1.82) is 0 Å². The maximum absolute atomic E-state index is 13.3. The van der Waals surface area contributed by atoms with Gasteiger partial charge in [-0.05, 0) is 62.4 Å². The molecular weight excluding hydrogens is 315 g/mol. The van der Waals surface area contributed by atoms with Crippen LogP contribution in [0.5, 0.6) is 0 Å². The zero-order chi connectivity index (χ0) is 14.9. The molecule has 1 fully saturated rings. The maximum Gasteiger partial charge on any atom is 0.243 e. The summed E-state index contributed by atoms with van der Waals surface area (Å²) >= 11 is 0. The molecule has 0 spiro atoms. The molecule has 0 radical (unpaired) electrons. The average molecular weight is 337 g/mol. The summed E-state index contributed by atoms with van der Waals surface area (Å²) in [5.41, 5.74) is 6.55. The Hall–Kier alpha value is -0.690. The average Bonchev–Trinajstić information content (AvgIpc) is 2.37. The second kappa shape index (κ2) is 7.05. The summed E-state index contributed by atoms with van der Waals surface area (Å²) in [6, 6.07) is 2.54. The van der Waals surface area contributed by atoms with Crippen LogP contribution in [0.3, 0.4) is 0 Å². The van der Waals surface area contributed by atoms with Crippen molar-refractivity contribution in [2.24, 2.45) is 11.7 Å². The fourth-order valence-electron chi connectivity index (χ4n) is 2.82. The highest BCUT2D eigenvalue weighted by Crippen LogP contribution is 2.28. The number of hydrogen-bond acceptors (Lipinski definition) is 3. The van der Waals surface area contributed by atoms with Crippen molar-refractivity contribution >= 4 is 22.4 Å². The molecule has 2 rings (SSSR count). The molecule has 2 N–H and O–H groups in total. The molecule has 1 aromatic carbocycles. The first-order valence-electron chi connectivity index (χ1n) is 6.83. The van der Waals surface area contributed by atoms with Crippen LogP contribution < -0.4 is 5.73 Å². The topological polar surface area (TPSA) is 63.4 Å². The van der Waals surface area contributed by atoms with Crippen LogP contribution in [-0.2, 0) is 10.0 Å². The SMILES string of the molecule is Cc1cc(F)cc(C)c1S(=O)(=O)N1CCC(CN)CC1.Cl. The maximum atomic E-state index is 13.3. The molecule has 0 atom stereocenters. The zero-order valence-electron chi connectivity index (χ0n) is 12.3. The number of sulfonamides is 1. The van der Waals surface area contributed by atoms with Crippen LogP contribution in [0.4, 0.5) is 4.39 Å². The van der Waals surface area contributed by atoms with E-state index in [0.29, 0.717) is 36.7 Å². The lowest BCUT2D eigenvalue weighted by molar-refractivity contribution is 0.278. The molecule has 1 saturated heterocycles. The summed E-state index contributed by atoms with van der Waals surface area (Å²) in [6.07, 6.45) is 1.57. The zero-order valence-corrected chi connectivity index (χ0v) is 13.9. The molecule has 0 bridgehead atoms. The van der Waals surface area contributed by atoms with E-state index in [4.69, 9.17) is 5.73 Å². The van der Waals surface area contributed by atoms with E-state index in [9.17, 15) is 12.8 Å². The van der Waals surface area contributed by atoms with Crippen LogP contribution in [0.1, 0.15) is 24.0 Å². The smallest absolute Gasteiger partial charge is 0.243 e. The standard InChI is InChI=1S/C14H21FN2O2S.ClH/c1-10-7-13(15)8-11(2)14(10)20(18,19)17-5-3-12(9-16)4-6-17;/h7-8,12H,3-6,9,16H2,1-2H3;1H. The van der Waals surface area contributed by atoms with E-state index in [0.717, 1.165) is 12.8 Å². The van der Waals surface area contributed by atoms with E-state index >= 15 is 0 Å². The summed E-state index contributed by atoms with van der Waals surface area (Å²) < 4.78 is 40.2. The van der Waals surface area contributed by atoms with Gasteiger partial charge < -0.3 is 5.73 Å². The number of nitrogens with two attached hydrogens (primary N) is 1. The number of nitrogens with zero attached hydrogens (tertiary/aromatic N) is 1. The molecule has 21 heavy (non-hydrogen) atoms. The summed E-state index contributed by atoms with van der Waals surface area (Å²) in [7, 11) is -3.55. The Bertz CT molecular complexity index is 576. The van der Waals surface area contributed by atoms with Crippen LogP contribution >= 0.6 is 12.4 Å². The Morgan fingerprint density at radius 1 is 1.24 bits per heavy atom. The Morgan fingerprint density at radius 3 is 2.14 bits per heavy atom. The molecular formula is C14H22ClFN2O2S. The fourth-order valence-corrected chi connectivity index (χ4v) is 4.70. The lowest BCUT2D eigenvalue weighted by Crippen LogP contribution is -2.40. The van der Waals surface area contributed by atoms with Crippen LogP contribution in [0.25, 0.3) is 0 Å². The monoisotopic (exact) mass is 336 g/mol. The van der Waals surface area contributed by atoms with Gasteiger partial charge in [-0.3, -0.25) is 0 Å². The predicted octanol–water partition coefficient (Wildman–Crippen LogP) is 2.22. The largest absolute Gasteiger partial charge is 0.330 e. The second-order valence-electron chi connectivity index (χ2n) is 5.45. The molecule has 1 heterocycles. The lowest BCUT2D eigenvalue weighted by Gasteiger charge is -2.31. The molecule has 4 nitrogen and oxygen atoms in total. The second-order valence-corrected chi connectivity index (χ2v) is 7.33. The van der Waals surface area contributed by atoms with Gasteiger partial charge in [0, 0.05) is 13.1 Å². The Kier molecular flexibility index (Phi) is 6.16. The van der Waals surface area contributed by atoms with Gasteiger partial charge in [0.2, 0.25) is 10.0 Å². The van der Waals surface area contributed by atoms with Crippen molar-refractivity contribution in [1.82, 2.24) is 4.31 Å². The molecule has 0 unspecified atom stereocenters. The Balaban J connectivity index is 0.00000220. The molecule has 1 aliphatic heterocycles. The first-order chi connectivity index (χ1) is 9.36. The molecule has 0 amide bonds. The molecule has 120 valence electrons. The first-order valence-corrected chi connectivity index (χ1v) is 8.27. The van der Waals surface area contributed by atoms with Gasteiger partial charge in [-0.1, -0.05) is 0 Å². The minimum absolute atomic E-state index is 0. The van der Waals surface area contributed by atoms with Crippen LogP contribution in [-0.4, -0.2) is 32.4 Å². The van der Waals surface area contributed by atoms with Crippen LogP contribution in [0, 0.1) is 25.6 Å². The number of halogens is 2. The van der Waals surface area contributed by atoms with E-state index in [-0.39, 0.29) is 17.3 Å². The van der Waals surface area contributed by atoms with E-state index in [1.807, 2.05) is 0 Å². The third-order valence-corrected chi connectivity index (χ3v) is 6.13. The molecule has 7 heteroatoms. The van der Waals surface area contributed by atoms with Gasteiger partial charge in [0.05, 0.1) is 4.90 Å². The van der Waals surface area contributed by atoms with E-state index in [1.54, 1.807) is 13.8 Å². The molecule has 0 aliphatic carbocycles. The van der Waals surface area contributed by atoms with Crippen molar-refractivity contribution in [3.05, 3.63) is 29.1 Å². The van der Waals surface area contributed by atoms with Gasteiger partial charge in [-0.25, -0.2) is 12.8 Å². The van der Waals surface area contributed by atoms with Crippen molar-refractivity contribution in [3.8, 4) is 0 Å². The van der Waals surface area contributed by atoms with Gasteiger partial charge in [-0.2, -0.15) is 4.31 Å². The van der Waals surface area contributed by atoms with Gasteiger partial charge in [-0.15, -0.1) is 12.4 Å². The minimum atomic E-state index is -3.55. The number of rotatable bonds is 3. The third kappa shape index (κ3) is 3.74. The van der Waals surface area contributed by atoms with Crippen molar-refractivity contribution in [2.45, 2.75) is 31.6 Å². The number of hydrogen-bond donors (Lipinski definition) is 1. The molecule has 1 aromatic rings. The van der Waals surface area contributed by atoms with Crippen LogP contribution in [0.15, 0.2) is 17.0 Å². The summed E-state index contributed by atoms with van der Waals surface area (Å²) in [6.45, 7) is 4.84. The van der Waals surface area contributed by atoms with Crippen LogP contribution in [0.2, 0.25) is 0 Å². The first kappa shape index (κ1) is 18.4.